The standard InChI is InChI=1S/C28H30F2N4O8/c1-39-25(36)5-3-19-16-34(28(38)42-19)18-13-20(29)26(21(30)14-18)33-8-6-32(7-9-33)24(35)15-31-27(37)17-2-4-22-23(12-17)41-11-10-40-22/h2,4,12-14,19H,3,5-11,15-16H2,1H3,(H,31,37)/t19-/m0/s1. The molecule has 3 aliphatic heterocycles. The van der Waals surface area contributed by atoms with Gasteiger partial charge in [-0.2, -0.15) is 0 Å². The molecule has 0 aliphatic carbocycles. The molecule has 0 bridgehead atoms. The summed E-state index contributed by atoms with van der Waals surface area (Å²) >= 11 is 0. The highest BCUT2D eigenvalue weighted by Crippen LogP contribution is 2.33. The number of hydrogen-bond donors (Lipinski definition) is 1. The normalized spacial score (nSPS) is 18.0. The Kier molecular flexibility index (Phi) is 8.59. The quantitative estimate of drug-likeness (QED) is 0.462. The molecular formula is C28H30F2N4O8. The molecule has 1 N–H and O–H groups in total. The molecule has 12 nitrogen and oxygen atoms in total. The first kappa shape index (κ1) is 28.9. The molecule has 2 aromatic carbocycles. The average Bonchev–Trinajstić information content (AvgIpc) is 3.38. The van der Waals surface area contributed by atoms with Crippen molar-refractivity contribution >= 4 is 35.3 Å². The van der Waals surface area contributed by atoms with Crippen LogP contribution in [0.25, 0.3) is 0 Å². The van der Waals surface area contributed by atoms with Gasteiger partial charge in [-0.1, -0.05) is 0 Å². The van der Waals surface area contributed by atoms with Gasteiger partial charge in [0.1, 0.15) is 25.0 Å². The molecule has 2 saturated heterocycles. The van der Waals surface area contributed by atoms with E-state index in [0.717, 1.165) is 17.0 Å². The van der Waals surface area contributed by atoms with Gasteiger partial charge >= 0.3 is 12.1 Å². The van der Waals surface area contributed by atoms with E-state index in [1.54, 1.807) is 18.2 Å². The number of benzene rings is 2. The van der Waals surface area contributed by atoms with Crippen molar-refractivity contribution in [1.29, 1.82) is 0 Å². The lowest BCUT2D eigenvalue weighted by Crippen LogP contribution is -2.51. The molecule has 0 radical (unpaired) electrons. The van der Waals surface area contributed by atoms with Gasteiger partial charge in [0, 0.05) is 50.3 Å². The van der Waals surface area contributed by atoms with Gasteiger partial charge < -0.3 is 34.1 Å². The van der Waals surface area contributed by atoms with Crippen LogP contribution < -0.4 is 24.6 Å². The third-order valence-electron chi connectivity index (χ3n) is 7.24. The summed E-state index contributed by atoms with van der Waals surface area (Å²) in [6, 6.07) is 6.89. The van der Waals surface area contributed by atoms with Gasteiger partial charge in [-0.05, 0) is 24.6 Å². The number of carbonyl (C=O) groups excluding carboxylic acids is 4. The van der Waals surface area contributed by atoms with E-state index in [1.165, 1.54) is 16.9 Å². The smallest absolute Gasteiger partial charge is 0.414 e. The second-order valence-electron chi connectivity index (χ2n) is 9.90. The summed E-state index contributed by atoms with van der Waals surface area (Å²) in [5, 5.41) is 2.59. The highest BCUT2D eigenvalue weighted by Gasteiger charge is 2.34. The van der Waals surface area contributed by atoms with E-state index in [4.69, 9.17) is 14.2 Å². The summed E-state index contributed by atoms with van der Waals surface area (Å²) in [4.78, 5) is 53.0. The fourth-order valence-electron chi connectivity index (χ4n) is 5.01. The first-order chi connectivity index (χ1) is 20.2. The van der Waals surface area contributed by atoms with Crippen molar-refractivity contribution in [3.05, 3.63) is 47.5 Å². The van der Waals surface area contributed by atoms with Crippen molar-refractivity contribution < 1.29 is 46.9 Å². The SMILES string of the molecule is COC(=O)CC[C@H]1CN(c2cc(F)c(N3CCN(C(=O)CNC(=O)c4ccc5c(c4)OCCO5)CC3)c(F)c2)C(=O)O1. The number of amides is 3. The van der Waals surface area contributed by atoms with E-state index < -0.39 is 35.7 Å². The van der Waals surface area contributed by atoms with Gasteiger partial charge in [-0.15, -0.1) is 0 Å². The Labute approximate surface area is 240 Å². The third-order valence-corrected chi connectivity index (χ3v) is 7.24. The Balaban J connectivity index is 1.13. The summed E-state index contributed by atoms with van der Waals surface area (Å²) in [7, 11) is 1.25. The van der Waals surface area contributed by atoms with E-state index in [-0.39, 0.29) is 69.4 Å². The van der Waals surface area contributed by atoms with Crippen LogP contribution in [0.1, 0.15) is 23.2 Å². The number of esters is 1. The fraction of sp³-hybridized carbons (Fsp3) is 0.429. The van der Waals surface area contributed by atoms with Crippen LogP contribution in [0, 0.1) is 11.6 Å². The summed E-state index contributed by atoms with van der Waals surface area (Å²) < 4.78 is 51.0. The van der Waals surface area contributed by atoms with Crippen molar-refractivity contribution in [2.24, 2.45) is 0 Å². The highest BCUT2D eigenvalue weighted by molar-refractivity contribution is 5.97. The Morgan fingerprint density at radius 2 is 1.69 bits per heavy atom. The van der Waals surface area contributed by atoms with Crippen LogP contribution in [0.4, 0.5) is 25.0 Å². The minimum Gasteiger partial charge on any atom is -0.486 e. The Morgan fingerprint density at radius 1 is 1.00 bits per heavy atom. The Morgan fingerprint density at radius 3 is 2.38 bits per heavy atom. The predicted octanol–water partition coefficient (Wildman–Crippen LogP) is 2.09. The highest BCUT2D eigenvalue weighted by atomic mass is 19.1. The molecule has 2 aromatic rings. The number of anilines is 2. The molecule has 2 fully saturated rings. The number of cyclic esters (lactones) is 1. The van der Waals surface area contributed by atoms with Crippen molar-refractivity contribution in [2.45, 2.75) is 18.9 Å². The molecule has 0 unspecified atom stereocenters. The molecule has 3 heterocycles. The summed E-state index contributed by atoms with van der Waals surface area (Å²) in [6.45, 7) is 1.33. The van der Waals surface area contributed by atoms with E-state index in [9.17, 15) is 19.2 Å². The van der Waals surface area contributed by atoms with Crippen LogP contribution in [0.2, 0.25) is 0 Å². The van der Waals surface area contributed by atoms with Crippen molar-refractivity contribution in [3.63, 3.8) is 0 Å². The molecule has 3 amide bonds. The second kappa shape index (κ2) is 12.5. The van der Waals surface area contributed by atoms with E-state index in [0.29, 0.717) is 30.3 Å². The summed E-state index contributed by atoms with van der Waals surface area (Å²) in [6.07, 6.45) is -1.10. The summed E-state index contributed by atoms with van der Waals surface area (Å²) in [5.74, 6) is -1.93. The molecule has 0 saturated carbocycles. The minimum atomic E-state index is -0.859. The van der Waals surface area contributed by atoms with E-state index >= 15 is 8.78 Å². The molecule has 0 spiro atoms. The monoisotopic (exact) mass is 588 g/mol. The van der Waals surface area contributed by atoms with Crippen LogP contribution in [0.15, 0.2) is 30.3 Å². The lowest BCUT2D eigenvalue weighted by molar-refractivity contribution is -0.141. The number of fused-ring (bicyclic) bond motifs is 1. The van der Waals surface area contributed by atoms with E-state index in [2.05, 4.69) is 10.1 Å². The number of nitrogens with one attached hydrogen (secondary N) is 1. The molecule has 14 heteroatoms. The molecule has 0 aromatic heterocycles. The first-order valence-corrected chi connectivity index (χ1v) is 13.5. The maximum absolute atomic E-state index is 15.1. The largest absolute Gasteiger partial charge is 0.486 e. The average molecular weight is 589 g/mol. The topological polar surface area (TPSA) is 127 Å². The van der Waals surface area contributed by atoms with Gasteiger partial charge in [0.25, 0.3) is 5.91 Å². The Bertz CT molecular complexity index is 1360. The van der Waals surface area contributed by atoms with Crippen LogP contribution in [-0.4, -0.2) is 94.5 Å². The number of ether oxygens (including phenoxy) is 4. The van der Waals surface area contributed by atoms with Crippen LogP contribution in [0.5, 0.6) is 11.5 Å². The fourth-order valence-corrected chi connectivity index (χ4v) is 5.01. The van der Waals surface area contributed by atoms with Gasteiger partial charge in [-0.25, -0.2) is 13.6 Å². The van der Waals surface area contributed by atoms with Gasteiger partial charge in [0.2, 0.25) is 5.91 Å². The Hall–Kier alpha value is -4.62. The molecule has 3 aliphatic rings. The molecule has 1 atom stereocenters. The number of hydrogen-bond acceptors (Lipinski definition) is 9. The van der Waals surface area contributed by atoms with Gasteiger partial charge in [-0.3, -0.25) is 19.3 Å². The number of carbonyl (C=O) groups is 4. The zero-order chi connectivity index (χ0) is 29.8. The number of halogens is 2. The first-order valence-electron chi connectivity index (χ1n) is 13.5. The van der Waals surface area contributed by atoms with Crippen LogP contribution in [-0.2, 0) is 19.1 Å². The summed E-state index contributed by atoms with van der Waals surface area (Å²) in [5.41, 5.74) is 0.0691. The maximum Gasteiger partial charge on any atom is 0.414 e. The number of piperazine rings is 1. The number of methoxy groups -OCH3 is 1. The van der Waals surface area contributed by atoms with Crippen molar-refractivity contribution in [1.82, 2.24) is 10.2 Å². The van der Waals surface area contributed by atoms with Gasteiger partial charge in [0.15, 0.2) is 23.1 Å². The van der Waals surface area contributed by atoms with E-state index in [1.807, 2.05) is 0 Å². The lowest BCUT2D eigenvalue weighted by atomic mass is 10.1. The molecule has 5 rings (SSSR count). The van der Waals surface area contributed by atoms with Crippen molar-refractivity contribution in [2.75, 3.05) is 69.4 Å². The van der Waals surface area contributed by atoms with Gasteiger partial charge in [0.05, 0.1) is 25.9 Å². The maximum atomic E-state index is 15.1. The number of nitrogens with zero attached hydrogens (tertiary/aromatic N) is 3. The number of rotatable bonds is 8. The zero-order valence-electron chi connectivity index (χ0n) is 22.9. The minimum absolute atomic E-state index is 0.00175. The molecular weight excluding hydrogens is 558 g/mol. The van der Waals surface area contributed by atoms with Crippen LogP contribution in [0.3, 0.4) is 0 Å². The zero-order valence-corrected chi connectivity index (χ0v) is 22.9. The lowest BCUT2D eigenvalue weighted by Gasteiger charge is -2.36. The van der Waals surface area contributed by atoms with Crippen molar-refractivity contribution in [3.8, 4) is 11.5 Å². The third kappa shape index (κ3) is 6.31. The van der Waals surface area contributed by atoms with Crippen LogP contribution >= 0.6 is 0 Å². The predicted molar refractivity (Wildman–Crippen MR) is 144 cm³/mol. The second-order valence-corrected chi connectivity index (χ2v) is 9.90. The molecule has 42 heavy (non-hydrogen) atoms. The molecule has 224 valence electrons.